The molecule has 0 spiro atoms. The number of aliphatic hydroxyl groups excluding tert-OH is 2. The largest absolute Gasteiger partial charge is 0.394 e. The van der Waals surface area contributed by atoms with Crippen LogP contribution >= 0.6 is 0 Å². The van der Waals surface area contributed by atoms with E-state index in [-0.39, 0.29) is 33.0 Å². The van der Waals surface area contributed by atoms with Crippen molar-refractivity contribution < 1.29 is 47.8 Å². The molecule has 0 aromatic heterocycles. The minimum atomic E-state index is -3.41. The molecule has 2 saturated heterocycles. The molecule has 6 aromatic rings. The van der Waals surface area contributed by atoms with Gasteiger partial charge >= 0.3 is 0 Å². The summed E-state index contributed by atoms with van der Waals surface area (Å²) < 4.78 is 55.2. The molecule has 0 amide bonds. The Morgan fingerprint density at radius 1 is 0.543 bits per heavy atom. The first-order valence-electron chi connectivity index (χ1n) is 23.8. The number of hydrogen-bond acceptors (Lipinski definition) is 11. The third kappa shape index (κ3) is 12.3. The van der Waals surface area contributed by atoms with Crippen LogP contribution in [0.25, 0.3) is 10.4 Å². The van der Waals surface area contributed by atoms with Gasteiger partial charge in [0.25, 0.3) is 8.32 Å². The third-order valence-corrected chi connectivity index (χ3v) is 17.8. The highest BCUT2D eigenvalue weighted by molar-refractivity contribution is 6.99. The van der Waals surface area contributed by atoms with Gasteiger partial charge < -0.3 is 47.8 Å². The van der Waals surface area contributed by atoms with E-state index in [1.807, 2.05) is 182 Å². The highest BCUT2D eigenvalue weighted by Crippen LogP contribution is 2.41. The van der Waals surface area contributed by atoms with Crippen LogP contribution in [0.5, 0.6) is 0 Å². The molecule has 8 rings (SSSR count). The number of rotatable bonds is 21. The molecular formula is C56H63N3O10Si. The van der Waals surface area contributed by atoms with E-state index in [9.17, 15) is 15.7 Å². The van der Waals surface area contributed by atoms with Crippen molar-refractivity contribution in [2.45, 2.75) is 114 Å². The van der Waals surface area contributed by atoms with Crippen LogP contribution in [0.2, 0.25) is 5.04 Å². The first kappa shape index (κ1) is 50.8. The van der Waals surface area contributed by atoms with E-state index < -0.39 is 81.3 Å². The lowest BCUT2D eigenvalue weighted by Crippen LogP contribution is -2.71. The fraction of sp³-hybridized carbons (Fsp3) is 0.357. The van der Waals surface area contributed by atoms with E-state index in [0.717, 1.165) is 32.6 Å². The molecule has 14 heteroatoms. The van der Waals surface area contributed by atoms with Crippen LogP contribution in [0, 0.1) is 0 Å². The van der Waals surface area contributed by atoms with Crippen molar-refractivity contribution >= 4 is 18.7 Å². The maximum atomic E-state index is 12.3. The zero-order chi connectivity index (χ0) is 48.8. The SMILES string of the molecule is CC(C)(C)[Si](O[C@@H]1O[C@H](CO)[C@H](O)[C@H](O[C@@H]2O[C@H](COCc3ccccc3)[C@H](OCc3ccccc3)[C@H](OCc3ccccc3)[C@H]2OCc2ccccc2)[C@H]1N=[N+]=[N-])(c1ccccc1)c1ccccc1. The summed E-state index contributed by atoms with van der Waals surface area (Å²) in [6, 6.07) is 57.9. The molecule has 2 heterocycles. The van der Waals surface area contributed by atoms with Gasteiger partial charge in [0.05, 0.1) is 39.6 Å². The van der Waals surface area contributed by atoms with Gasteiger partial charge in [0, 0.05) is 4.91 Å². The van der Waals surface area contributed by atoms with E-state index in [4.69, 9.17) is 37.6 Å². The van der Waals surface area contributed by atoms with Gasteiger partial charge in [-0.2, -0.15) is 0 Å². The van der Waals surface area contributed by atoms with E-state index in [1.54, 1.807) is 0 Å². The molecule has 0 radical (unpaired) electrons. The number of benzene rings is 6. The van der Waals surface area contributed by atoms with Crippen molar-refractivity contribution in [3.05, 3.63) is 215 Å². The number of azide groups is 1. The fourth-order valence-corrected chi connectivity index (χ4v) is 13.9. The van der Waals surface area contributed by atoms with E-state index in [2.05, 4.69) is 30.8 Å². The molecule has 2 aliphatic rings. The zero-order valence-electron chi connectivity index (χ0n) is 39.8. The number of ether oxygens (including phenoxy) is 7. The maximum absolute atomic E-state index is 12.3. The van der Waals surface area contributed by atoms with Crippen molar-refractivity contribution in [2.75, 3.05) is 13.2 Å². The van der Waals surface area contributed by atoms with Crippen molar-refractivity contribution in [1.29, 1.82) is 0 Å². The van der Waals surface area contributed by atoms with E-state index in [1.165, 1.54) is 0 Å². The molecule has 6 aromatic carbocycles. The smallest absolute Gasteiger partial charge is 0.264 e. The fourth-order valence-electron chi connectivity index (χ4n) is 9.37. The van der Waals surface area contributed by atoms with Gasteiger partial charge in [0.15, 0.2) is 12.6 Å². The molecule has 0 aliphatic carbocycles. The molecule has 2 N–H and O–H groups in total. The van der Waals surface area contributed by atoms with Gasteiger partial charge in [0.2, 0.25) is 0 Å². The molecule has 0 bridgehead atoms. The Morgan fingerprint density at radius 3 is 1.40 bits per heavy atom. The van der Waals surface area contributed by atoms with Crippen LogP contribution in [0.3, 0.4) is 0 Å². The van der Waals surface area contributed by atoms with Crippen LogP contribution in [0.15, 0.2) is 187 Å². The Kier molecular flexibility index (Phi) is 17.8. The molecule has 0 saturated carbocycles. The second-order valence-electron chi connectivity index (χ2n) is 18.6. The minimum Gasteiger partial charge on any atom is -0.394 e. The molecule has 2 aliphatic heterocycles. The second-order valence-corrected chi connectivity index (χ2v) is 22.9. The lowest BCUT2D eigenvalue weighted by Gasteiger charge is -2.51. The Balaban J connectivity index is 1.20. The lowest BCUT2D eigenvalue weighted by molar-refractivity contribution is -0.355. The predicted molar refractivity (Wildman–Crippen MR) is 268 cm³/mol. The molecule has 2 fully saturated rings. The Morgan fingerprint density at radius 2 is 0.957 bits per heavy atom. The van der Waals surface area contributed by atoms with Gasteiger partial charge in [-0.05, 0) is 43.2 Å². The Hall–Kier alpha value is -5.55. The Bertz CT molecular complexity index is 2470. The molecule has 0 unspecified atom stereocenters. The standard InChI is InChI=1S/C56H63N3O10Si/c1-56(2,3)70(44-30-18-8-19-31-44,45-32-20-9-21-33-45)69-54-48(58-59-57)51(49(61)46(34-60)66-54)68-55-53(65-38-43-28-16-7-17-29-43)52(64-37-42-26-14-6-15-27-42)50(63-36-41-24-12-5-13-25-41)47(67-55)39-62-35-40-22-10-4-11-23-40/h4-33,46-55,60-61H,34-39H2,1-3H3/t46-,47-,48-,49+,50+,51-,52+,53-,54+,55+/m1/s1. The van der Waals surface area contributed by atoms with Crippen molar-refractivity contribution in [3.8, 4) is 0 Å². The van der Waals surface area contributed by atoms with Crippen LogP contribution in [0.4, 0.5) is 0 Å². The summed E-state index contributed by atoms with van der Waals surface area (Å²) >= 11 is 0. The lowest BCUT2D eigenvalue weighted by atomic mass is 9.95. The van der Waals surface area contributed by atoms with E-state index in [0.29, 0.717) is 0 Å². The molecule has 366 valence electrons. The normalized spacial score (nSPS) is 24.9. The highest BCUT2D eigenvalue weighted by Gasteiger charge is 2.57. The molecular weight excluding hydrogens is 903 g/mol. The van der Waals surface area contributed by atoms with Crippen molar-refractivity contribution in [3.63, 3.8) is 0 Å². The predicted octanol–water partition coefficient (Wildman–Crippen LogP) is 8.40. The average molecular weight is 966 g/mol. The minimum absolute atomic E-state index is 0.0553. The van der Waals surface area contributed by atoms with Gasteiger partial charge in [-0.1, -0.05) is 208 Å². The maximum Gasteiger partial charge on any atom is 0.264 e. The first-order valence-corrected chi connectivity index (χ1v) is 25.8. The summed E-state index contributed by atoms with van der Waals surface area (Å²) in [5.41, 5.74) is 14.0. The van der Waals surface area contributed by atoms with Gasteiger partial charge in [-0.15, -0.1) is 0 Å². The topological polar surface area (TPSA) is 163 Å². The first-order chi connectivity index (χ1) is 34.2. The number of aliphatic hydroxyl groups is 2. The molecule has 70 heavy (non-hydrogen) atoms. The highest BCUT2D eigenvalue weighted by atomic mass is 28.4. The average Bonchev–Trinajstić information content (AvgIpc) is 3.39. The summed E-state index contributed by atoms with van der Waals surface area (Å²) in [5.74, 6) is 0. The molecule has 13 nitrogen and oxygen atoms in total. The summed E-state index contributed by atoms with van der Waals surface area (Å²) in [6.45, 7) is 6.65. The number of hydrogen-bond donors (Lipinski definition) is 2. The van der Waals surface area contributed by atoms with Crippen LogP contribution in [-0.4, -0.2) is 93.1 Å². The van der Waals surface area contributed by atoms with Gasteiger partial charge in [0.1, 0.15) is 48.8 Å². The van der Waals surface area contributed by atoms with Crippen LogP contribution in [0.1, 0.15) is 43.0 Å². The number of nitrogens with zero attached hydrogens (tertiary/aromatic N) is 3. The summed E-state index contributed by atoms with van der Waals surface area (Å²) in [5, 5.41) is 28.8. The van der Waals surface area contributed by atoms with Gasteiger partial charge in [-0.25, -0.2) is 0 Å². The summed E-state index contributed by atoms with van der Waals surface area (Å²) in [6.07, 6.45) is -10.2. The van der Waals surface area contributed by atoms with Crippen molar-refractivity contribution in [2.24, 2.45) is 5.11 Å². The van der Waals surface area contributed by atoms with Crippen molar-refractivity contribution in [1.82, 2.24) is 0 Å². The zero-order valence-corrected chi connectivity index (χ0v) is 40.8. The van der Waals surface area contributed by atoms with Crippen LogP contribution in [-0.2, 0) is 64.0 Å². The summed E-state index contributed by atoms with van der Waals surface area (Å²) in [4.78, 5) is 3.29. The van der Waals surface area contributed by atoms with Gasteiger partial charge in [-0.3, -0.25) is 0 Å². The quantitative estimate of drug-likeness (QED) is 0.0310. The third-order valence-electron chi connectivity index (χ3n) is 12.8. The van der Waals surface area contributed by atoms with Crippen LogP contribution < -0.4 is 10.4 Å². The Labute approximate surface area is 411 Å². The van der Waals surface area contributed by atoms with E-state index >= 15 is 0 Å². The monoisotopic (exact) mass is 965 g/mol. The molecule has 10 atom stereocenters. The summed E-state index contributed by atoms with van der Waals surface area (Å²) in [7, 11) is -3.41. The second kappa shape index (κ2) is 24.5.